The van der Waals surface area contributed by atoms with E-state index >= 15 is 0 Å². The van der Waals surface area contributed by atoms with E-state index in [4.69, 9.17) is 9.47 Å². The van der Waals surface area contributed by atoms with E-state index in [1.807, 2.05) is 0 Å². The molecule has 0 spiro atoms. The Morgan fingerprint density at radius 1 is 1.00 bits per heavy atom. The van der Waals surface area contributed by atoms with Gasteiger partial charge < -0.3 is 9.47 Å². The zero-order chi connectivity index (χ0) is 26.1. The standard InChI is InChI=1S/C19H17BrF9N3O2/c1-4-32-14(34-9(2)8-33-3)7-13(19(27,28)29)31-16(32)30-12-6-10(17(21,22)23)5-11(15(12)20)18(24,25)26/h5-7,9H,4,8H2,1-3H3. The fourth-order valence-electron chi connectivity index (χ4n) is 2.76. The molecular weight excluding hydrogens is 553 g/mol. The molecule has 0 saturated carbocycles. The van der Waals surface area contributed by atoms with Gasteiger partial charge in [0, 0.05) is 19.7 Å². The van der Waals surface area contributed by atoms with Gasteiger partial charge in [0.05, 0.1) is 27.9 Å². The van der Waals surface area contributed by atoms with E-state index in [1.54, 1.807) is 0 Å². The normalized spacial score (nSPS) is 14.4. The third-order valence-corrected chi connectivity index (χ3v) is 5.06. The lowest BCUT2D eigenvalue weighted by Gasteiger charge is -2.20. The van der Waals surface area contributed by atoms with Crippen molar-refractivity contribution in [1.82, 2.24) is 9.55 Å². The zero-order valence-electron chi connectivity index (χ0n) is 17.7. The van der Waals surface area contributed by atoms with Crippen LogP contribution in [-0.2, 0) is 29.8 Å². The first-order chi connectivity index (χ1) is 15.5. The number of benzene rings is 1. The number of halogens is 10. The summed E-state index contributed by atoms with van der Waals surface area (Å²) in [6, 6.07) is 0.698. The van der Waals surface area contributed by atoms with Crippen LogP contribution in [0, 0.1) is 0 Å². The quantitative estimate of drug-likeness (QED) is 0.380. The van der Waals surface area contributed by atoms with Crippen molar-refractivity contribution in [1.29, 1.82) is 0 Å². The second-order valence-corrected chi connectivity index (χ2v) is 7.66. The number of methoxy groups -OCH3 is 1. The van der Waals surface area contributed by atoms with Crippen molar-refractivity contribution in [2.45, 2.75) is 45.0 Å². The number of aromatic nitrogens is 2. The van der Waals surface area contributed by atoms with Crippen molar-refractivity contribution < 1.29 is 49.0 Å². The maximum atomic E-state index is 13.4. The first-order valence-electron chi connectivity index (χ1n) is 9.36. The van der Waals surface area contributed by atoms with Crippen LogP contribution >= 0.6 is 15.9 Å². The lowest BCUT2D eigenvalue weighted by Crippen LogP contribution is -2.31. The highest BCUT2D eigenvalue weighted by atomic mass is 79.9. The summed E-state index contributed by atoms with van der Waals surface area (Å²) in [4.78, 5) is 6.97. The molecule has 190 valence electrons. The van der Waals surface area contributed by atoms with E-state index in [9.17, 15) is 39.5 Å². The van der Waals surface area contributed by atoms with Crippen LogP contribution in [0.4, 0.5) is 45.2 Å². The lowest BCUT2D eigenvalue weighted by atomic mass is 10.1. The third kappa shape index (κ3) is 6.64. The minimum absolute atomic E-state index is 0.0199. The molecule has 2 rings (SSSR count). The predicted molar refractivity (Wildman–Crippen MR) is 104 cm³/mol. The molecule has 0 radical (unpaired) electrons. The fraction of sp³-hybridized carbons (Fsp3) is 0.474. The molecule has 1 aromatic heterocycles. The molecule has 1 atom stereocenters. The van der Waals surface area contributed by atoms with Crippen molar-refractivity contribution in [3.05, 3.63) is 45.1 Å². The SMILES string of the molecule is CCn1c(OC(C)COC)cc(C(F)(F)F)nc1=Nc1cc(C(F)(F)F)cc(C(F)(F)F)c1Br. The van der Waals surface area contributed by atoms with Gasteiger partial charge in [-0.25, -0.2) is 9.98 Å². The number of nitrogens with zero attached hydrogens (tertiary/aromatic N) is 3. The number of hydrogen-bond acceptors (Lipinski definition) is 4. The second-order valence-electron chi connectivity index (χ2n) is 6.87. The molecule has 0 bridgehead atoms. The minimum atomic E-state index is -5.21. The van der Waals surface area contributed by atoms with Crippen LogP contribution < -0.4 is 10.4 Å². The van der Waals surface area contributed by atoms with Crippen molar-refractivity contribution in [2.75, 3.05) is 13.7 Å². The van der Waals surface area contributed by atoms with Gasteiger partial charge in [0.2, 0.25) is 5.62 Å². The van der Waals surface area contributed by atoms with Crippen LogP contribution in [0.1, 0.15) is 30.7 Å². The molecule has 0 saturated heterocycles. The largest absolute Gasteiger partial charge is 0.473 e. The second kappa shape index (κ2) is 10.1. The Morgan fingerprint density at radius 2 is 1.62 bits per heavy atom. The van der Waals surface area contributed by atoms with Crippen LogP contribution in [0.5, 0.6) is 5.88 Å². The number of alkyl halides is 9. The first-order valence-corrected chi connectivity index (χ1v) is 10.2. The summed E-state index contributed by atoms with van der Waals surface area (Å²) >= 11 is 2.57. The number of rotatable bonds is 6. The summed E-state index contributed by atoms with van der Waals surface area (Å²) in [5.41, 5.74) is -6.64. The average molecular weight is 570 g/mol. The maximum absolute atomic E-state index is 13.4. The summed E-state index contributed by atoms with van der Waals surface area (Å²) in [5.74, 6) is -0.410. The molecule has 0 aliphatic rings. The molecular formula is C19H17BrF9N3O2. The molecule has 0 aliphatic heterocycles. The Bertz CT molecular complexity index is 1090. The zero-order valence-corrected chi connectivity index (χ0v) is 19.2. The molecule has 0 N–H and O–H groups in total. The van der Waals surface area contributed by atoms with Crippen molar-refractivity contribution in [2.24, 2.45) is 4.99 Å². The Balaban J connectivity index is 2.91. The Hall–Kier alpha value is -2.29. The van der Waals surface area contributed by atoms with Gasteiger partial charge in [-0.3, -0.25) is 4.57 Å². The van der Waals surface area contributed by atoms with Crippen molar-refractivity contribution in [3.8, 4) is 5.88 Å². The van der Waals surface area contributed by atoms with E-state index in [-0.39, 0.29) is 25.3 Å². The van der Waals surface area contributed by atoms with Gasteiger partial charge in [0.15, 0.2) is 11.6 Å². The van der Waals surface area contributed by atoms with Gasteiger partial charge >= 0.3 is 18.5 Å². The molecule has 34 heavy (non-hydrogen) atoms. The molecule has 1 unspecified atom stereocenters. The van der Waals surface area contributed by atoms with Crippen LogP contribution in [0.3, 0.4) is 0 Å². The highest BCUT2D eigenvalue weighted by Gasteiger charge is 2.39. The van der Waals surface area contributed by atoms with Gasteiger partial charge in [-0.1, -0.05) is 0 Å². The van der Waals surface area contributed by atoms with Crippen LogP contribution in [0.25, 0.3) is 0 Å². The summed E-state index contributed by atoms with van der Waals surface area (Å²) in [5, 5.41) is 0. The minimum Gasteiger partial charge on any atom is -0.473 e. The number of hydrogen-bond donors (Lipinski definition) is 0. The smallest absolute Gasteiger partial charge is 0.433 e. The van der Waals surface area contributed by atoms with Crippen LogP contribution in [0.2, 0.25) is 0 Å². The van der Waals surface area contributed by atoms with E-state index in [0.717, 1.165) is 4.57 Å². The number of ether oxygens (including phenoxy) is 2. The monoisotopic (exact) mass is 569 g/mol. The topological polar surface area (TPSA) is 48.6 Å². The van der Waals surface area contributed by atoms with Crippen molar-refractivity contribution in [3.63, 3.8) is 0 Å². The lowest BCUT2D eigenvalue weighted by molar-refractivity contribution is -0.143. The summed E-state index contributed by atoms with van der Waals surface area (Å²) in [7, 11) is 1.32. The maximum Gasteiger partial charge on any atom is 0.433 e. The molecule has 0 aliphatic carbocycles. The molecule has 1 aromatic carbocycles. The highest BCUT2D eigenvalue weighted by molar-refractivity contribution is 9.10. The summed E-state index contributed by atoms with van der Waals surface area (Å²) < 4.78 is 130. The molecule has 1 heterocycles. The van der Waals surface area contributed by atoms with Crippen LogP contribution in [-0.4, -0.2) is 29.4 Å². The van der Waals surface area contributed by atoms with Crippen LogP contribution in [0.15, 0.2) is 27.7 Å². The summed E-state index contributed by atoms with van der Waals surface area (Å²) in [6.07, 6.45) is -16.2. The molecule has 2 aromatic rings. The van der Waals surface area contributed by atoms with Gasteiger partial charge in [-0.15, -0.1) is 0 Å². The molecule has 5 nitrogen and oxygen atoms in total. The Morgan fingerprint density at radius 3 is 2.09 bits per heavy atom. The Labute approximate surface area is 195 Å². The summed E-state index contributed by atoms with van der Waals surface area (Å²) in [6.45, 7) is 2.78. The molecule has 0 fully saturated rings. The molecule has 15 heteroatoms. The van der Waals surface area contributed by atoms with Gasteiger partial charge in [0.25, 0.3) is 0 Å². The molecule has 0 amide bonds. The van der Waals surface area contributed by atoms with E-state index < -0.39 is 63.1 Å². The highest BCUT2D eigenvalue weighted by Crippen LogP contribution is 2.43. The van der Waals surface area contributed by atoms with E-state index in [0.29, 0.717) is 6.07 Å². The van der Waals surface area contributed by atoms with Gasteiger partial charge in [-0.2, -0.15) is 39.5 Å². The average Bonchev–Trinajstić information content (AvgIpc) is 2.67. The third-order valence-electron chi connectivity index (χ3n) is 4.22. The fourth-order valence-corrected chi connectivity index (χ4v) is 3.30. The van der Waals surface area contributed by atoms with Crippen molar-refractivity contribution >= 4 is 21.6 Å². The first kappa shape index (κ1) is 28.0. The van der Waals surface area contributed by atoms with E-state index in [2.05, 4.69) is 25.9 Å². The Kier molecular flexibility index (Phi) is 8.33. The van der Waals surface area contributed by atoms with Gasteiger partial charge in [-0.05, 0) is 41.9 Å². The van der Waals surface area contributed by atoms with E-state index in [1.165, 1.54) is 21.0 Å². The van der Waals surface area contributed by atoms with Gasteiger partial charge in [0.1, 0.15) is 6.10 Å². The predicted octanol–water partition coefficient (Wildman–Crippen LogP) is 6.37.